The van der Waals surface area contributed by atoms with Crippen molar-refractivity contribution in [2.75, 3.05) is 57.4 Å². The van der Waals surface area contributed by atoms with Crippen LogP contribution >= 0.6 is 23.5 Å². The molecular formula is C46H74N10O4S2. The van der Waals surface area contributed by atoms with Crippen molar-refractivity contribution in [3.8, 4) is 12.3 Å². The first kappa shape index (κ1) is 49.4. The SMILES string of the molecule is C#CCOCCNC(=O)c1ccc(CN(CCCCCCCNC(=O)CCCCC2SCC3NC(=N)NC32)CCCCCCNC(=O)CCCCC2SCC3NC(=N)NC32)cc1. The molecule has 4 aliphatic rings. The van der Waals surface area contributed by atoms with E-state index >= 15 is 0 Å². The molecule has 6 unspecified atom stereocenters. The highest BCUT2D eigenvalue weighted by atomic mass is 32.2. The molecule has 0 saturated carbocycles. The summed E-state index contributed by atoms with van der Waals surface area (Å²) in [7, 11) is 0. The Morgan fingerprint density at radius 1 is 0.677 bits per heavy atom. The number of benzene rings is 1. The number of nitrogens with one attached hydrogen (secondary N) is 9. The van der Waals surface area contributed by atoms with Gasteiger partial charge in [-0.2, -0.15) is 23.5 Å². The molecule has 1 aromatic rings. The molecule has 4 heterocycles. The maximum Gasteiger partial charge on any atom is 0.251 e. The first-order chi connectivity index (χ1) is 30.3. The highest BCUT2D eigenvalue weighted by molar-refractivity contribution is 8.00. The van der Waals surface area contributed by atoms with Gasteiger partial charge in [0.25, 0.3) is 5.91 Å². The van der Waals surface area contributed by atoms with E-state index in [1.807, 2.05) is 35.7 Å². The summed E-state index contributed by atoms with van der Waals surface area (Å²) in [5.41, 5.74) is 1.81. The van der Waals surface area contributed by atoms with E-state index in [4.69, 9.17) is 22.0 Å². The minimum absolute atomic E-state index is 0.122. The Kier molecular flexibility index (Phi) is 22.5. The predicted octanol–water partition coefficient (Wildman–Crippen LogP) is 4.69. The summed E-state index contributed by atoms with van der Waals surface area (Å²) >= 11 is 3.96. The molecule has 14 nitrogen and oxygen atoms in total. The summed E-state index contributed by atoms with van der Waals surface area (Å²) < 4.78 is 5.25. The fourth-order valence-electron chi connectivity index (χ4n) is 8.81. The topological polar surface area (TPSA) is 196 Å². The third-order valence-electron chi connectivity index (χ3n) is 12.3. The van der Waals surface area contributed by atoms with Crippen LogP contribution in [0.25, 0.3) is 0 Å². The molecule has 6 atom stereocenters. The summed E-state index contributed by atoms with van der Waals surface area (Å²) in [6.45, 7) is 5.36. The van der Waals surface area contributed by atoms with Crippen LogP contribution in [0.1, 0.15) is 125 Å². The zero-order valence-electron chi connectivity index (χ0n) is 36.8. The average Bonchev–Trinajstić information content (AvgIpc) is 4.03. The Balaban J connectivity index is 0.908. The zero-order valence-corrected chi connectivity index (χ0v) is 38.5. The quantitative estimate of drug-likeness (QED) is 0.0360. The zero-order chi connectivity index (χ0) is 43.8. The van der Waals surface area contributed by atoms with Gasteiger partial charge in [-0.15, -0.1) is 6.42 Å². The lowest BCUT2D eigenvalue weighted by molar-refractivity contribution is -0.122. The van der Waals surface area contributed by atoms with Crippen molar-refractivity contribution in [3.05, 3.63) is 35.4 Å². The van der Waals surface area contributed by atoms with Gasteiger partial charge in [-0.1, -0.05) is 63.0 Å². The van der Waals surface area contributed by atoms with Crippen molar-refractivity contribution in [3.63, 3.8) is 0 Å². The van der Waals surface area contributed by atoms with Crippen molar-refractivity contribution < 1.29 is 19.1 Å². The van der Waals surface area contributed by atoms with Crippen molar-refractivity contribution >= 4 is 53.2 Å². The van der Waals surface area contributed by atoms with Gasteiger partial charge in [0.2, 0.25) is 11.8 Å². The van der Waals surface area contributed by atoms with Crippen LogP contribution in [-0.2, 0) is 20.9 Å². The first-order valence-electron chi connectivity index (χ1n) is 23.4. The van der Waals surface area contributed by atoms with Crippen LogP contribution in [0.2, 0.25) is 0 Å². The molecule has 4 fully saturated rings. The molecule has 4 saturated heterocycles. The standard InChI is InChI=1S/C46H74N10O4S2/c1-2-29-60-30-26-51-44(59)35-22-20-34(21-23-35)31-56(28-15-7-5-13-25-50-41(58)19-11-9-17-39-43-37(33-62-39)53-46(48)55-43)27-14-6-3-4-12-24-49-40(57)18-10-8-16-38-42-36(32-61-38)52-45(47)54-42/h1,20-23,36-39,42-43H,3-19,24-33H2,(H,49,57)(H,50,58)(H,51,59)(H3,47,52,54)(H3,48,53,55). The molecule has 0 spiro atoms. The molecule has 0 aromatic heterocycles. The van der Waals surface area contributed by atoms with E-state index in [-0.39, 0.29) is 24.3 Å². The third kappa shape index (κ3) is 17.8. The molecule has 0 aliphatic carbocycles. The Bertz CT molecular complexity index is 1600. The molecule has 1 aromatic carbocycles. The van der Waals surface area contributed by atoms with Gasteiger partial charge in [-0.3, -0.25) is 30.1 Å². The number of terminal acetylenes is 1. The molecule has 344 valence electrons. The number of rotatable bonds is 32. The molecule has 0 radical (unpaired) electrons. The van der Waals surface area contributed by atoms with E-state index in [1.165, 1.54) is 5.56 Å². The maximum absolute atomic E-state index is 12.6. The Morgan fingerprint density at radius 3 is 1.73 bits per heavy atom. The predicted molar refractivity (Wildman–Crippen MR) is 254 cm³/mol. The summed E-state index contributed by atoms with van der Waals surface area (Å²) in [4.78, 5) is 40.0. The second-order valence-corrected chi connectivity index (χ2v) is 19.7. The van der Waals surface area contributed by atoms with E-state index in [0.717, 1.165) is 141 Å². The summed E-state index contributed by atoms with van der Waals surface area (Å²) in [6, 6.07) is 9.33. The van der Waals surface area contributed by atoms with Crippen molar-refractivity contribution in [2.24, 2.45) is 0 Å². The number of hydrogen-bond donors (Lipinski definition) is 9. The van der Waals surface area contributed by atoms with E-state index < -0.39 is 0 Å². The van der Waals surface area contributed by atoms with Crippen molar-refractivity contribution in [2.45, 2.75) is 150 Å². The van der Waals surface area contributed by atoms with Crippen LogP contribution in [-0.4, -0.2) is 127 Å². The number of fused-ring (bicyclic) bond motifs is 2. The van der Waals surface area contributed by atoms with E-state index in [1.54, 1.807) is 0 Å². The molecule has 5 rings (SSSR count). The van der Waals surface area contributed by atoms with Gasteiger partial charge >= 0.3 is 0 Å². The Morgan fingerprint density at radius 2 is 1.19 bits per heavy atom. The highest BCUT2D eigenvalue weighted by Gasteiger charge is 2.42. The second kappa shape index (κ2) is 28.2. The van der Waals surface area contributed by atoms with Crippen LogP contribution < -0.4 is 37.2 Å². The van der Waals surface area contributed by atoms with Gasteiger partial charge in [0.1, 0.15) is 6.61 Å². The smallest absolute Gasteiger partial charge is 0.251 e. The number of nitrogens with zero attached hydrogens (tertiary/aromatic N) is 1. The van der Waals surface area contributed by atoms with Gasteiger partial charge in [-0.05, 0) is 82.2 Å². The van der Waals surface area contributed by atoms with Gasteiger partial charge in [0.05, 0.1) is 30.8 Å². The summed E-state index contributed by atoms with van der Waals surface area (Å²) in [5.74, 6) is 5.60. The van der Waals surface area contributed by atoms with Gasteiger partial charge in [-0.25, -0.2) is 0 Å². The number of carbonyl (C=O) groups excluding carboxylic acids is 3. The van der Waals surface area contributed by atoms with E-state index in [2.05, 4.69) is 60.2 Å². The molecule has 16 heteroatoms. The number of unbranched alkanes of at least 4 members (excludes halogenated alkanes) is 9. The summed E-state index contributed by atoms with van der Waals surface area (Å²) in [5, 5.41) is 38.7. The highest BCUT2D eigenvalue weighted by Crippen LogP contribution is 2.34. The van der Waals surface area contributed by atoms with Crippen molar-refractivity contribution in [1.29, 1.82) is 10.8 Å². The molecule has 4 aliphatic heterocycles. The van der Waals surface area contributed by atoms with Crippen LogP contribution in [0.15, 0.2) is 24.3 Å². The van der Waals surface area contributed by atoms with Crippen LogP contribution in [0, 0.1) is 23.2 Å². The van der Waals surface area contributed by atoms with E-state index in [0.29, 0.717) is 78.1 Å². The monoisotopic (exact) mass is 895 g/mol. The number of amides is 3. The minimum atomic E-state index is -0.122. The van der Waals surface area contributed by atoms with Crippen LogP contribution in [0.5, 0.6) is 0 Å². The lowest BCUT2D eigenvalue weighted by atomic mass is 10.0. The van der Waals surface area contributed by atoms with Crippen LogP contribution in [0.4, 0.5) is 0 Å². The van der Waals surface area contributed by atoms with Crippen molar-refractivity contribution in [1.82, 2.24) is 42.1 Å². The fraction of sp³-hybridized carbons (Fsp3) is 0.717. The molecule has 62 heavy (non-hydrogen) atoms. The van der Waals surface area contributed by atoms with Gasteiger partial charge in [0.15, 0.2) is 11.9 Å². The maximum atomic E-state index is 12.6. The fourth-order valence-corrected chi connectivity index (χ4v) is 11.9. The van der Waals surface area contributed by atoms with Gasteiger partial charge < -0.3 is 42.0 Å². The summed E-state index contributed by atoms with van der Waals surface area (Å²) in [6.07, 6.45) is 22.3. The number of ether oxygens (including phenoxy) is 1. The lowest BCUT2D eigenvalue weighted by Gasteiger charge is -2.23. The third-order valence-corrected chi connectivity index (χ3v) is 15.3. The molecule has 9 N–H and O–H groups in total. The molecule has 3 amide bonds. The largest absolute Gasteiger partial charge is 0.367 e. The number of hydrogen-bond acceptors (Lipinski definition) is 9. The van der Waals surface area contributed by atoms with E-state index in [9.17, 15) is 14.4 Å². The normalized spacial score (nSPS) is 22.3. The first-order valence-corrected chi connectivity index (χ1v) is 25.5. The van der Waals surface area contributed by atoms with Crippen LogP contribution in [0.3, 0.4) is 0 Å². The number of guanidine groups is 2. The minimum Gasteiger partial charge on any atom is -0.367 e. The number of thioether (sulfide) groups is 2. The molecular weight excluding hydrogens is 821 g/mol. The number of carbonyl (C=O) groups is 3. The van der Waals surface area contributed by atoms with Gasteiger partial charge in [0, 0.05) is 66.6 Å². The Labute approximate surface area is 379 Å². The Hall–Kier alpha value is -3.65. The average molecular weight is 895 g/mol. The molecule has 0 bridgehead atoms. The lowest BCUT2D eigenvalue weighted by Crippen LogP contribution is -2.36. The second-order valence-electron chi connectivity index (χ2n) is 17.2.